The lowest BCUT2D eigenvalue weighted by Crippen LogP contribution is -2.22. The number of H-pyrrole nitrogens is 1. The van der Waals surface area contributed by atoms with Gasteiger partial charge in [0, 0.05) is 15.6 Å². The maximum Gasteiger partial charge on any atom is 0.311 e. The van der Waals surface area contributed by atoms with E-state index in [-0.39, 0.29) is 30.4 Å². The Kier molecular flexibility index (Phi) is 5.07. The van der Waals surface area contributed by atoms with Gasteiger partial charge in [-0.25, -0.2) is 0 Å². The Balaban J connectivity index is 2.19. The highest BCUT2D eigenvalue weighted by atomic mass is 35.5. The van der Waals surface area contributed by atoms with E-state index in [1.807, 2.05) is 6.07 Å². The van der Waals surface area contributed by atoms with Crippen molar-refractivity contribution in [3.05, 3.63) is 56.5 Å². The summed E-state index contributed by atoms with van der Waals surface area (Å²) in [6, 6.07) is 7.07. The van der Waals surface area contributed by atoms with Gasteiger partial charge in [0.15, 0.2) is 0 Å². The molecule has 0 saturated carbocycles. The number of nitrogens with two attached hydrogens (primary N) is 1. The number of nitriles is 1. The van der Waals surface area contributed by atoms with Gasteiger partial charge in [-0.2, -0.15) is 5.26 Å². The van der Waals surface area contributed by atoms with Crippen molar-refractivity contribution in [2.75, 3.05) is 6.61 Å². The fourth-order valence-corrected chi connectivity index (χ4v) is 3.49. The zero-order valence-corrected chi connectivity index (χ0v) is 15.2. The molecular formula is C17H14Cl2N4O3. The first kappa shape index (κ1) is 18.1. The fourth-order valence-electron chi connectivity index (χ4n) is 2.87. The van der Waals surface area contributed by atoms with Gasteiger partial charge in [0.25, 0.3) is 0 Å². The number of nitrogens with zero attached hydrogens (tertiary/aromatic N) is 2. The lowest BCUT2D eigenvalue weighted by molar-refractivity contribution is -0.142. The second-order valence-corrected chi connectivity index (χ2v) is 6.28. The minimum absolute atomic E-state index is 0.0727. The Morgan fingerprint density at radius 3 is 2.73 bits per heavy atom. The number of rotatable bonds is 4. The van der Waals surface area contributed by atoms with Gasteiger partial charge in [-0.15, -0.1) is 5.10 Å². The maximum atomic E-state index is 11.9. The average molecular weight is 393 g/mol. The van der Waals surface area contributed by atoms with E-state index in [0.29, 0.717) is 26.9 Å². The van der Waals surface area contributed by atoms with Gasteiger partial charge in [0.05, 0.1) is 30.2 Å². The van der Waals surface area contributed by atoms with Crippen LogP contribution in [0.25, 0.3) is 0 Å². The van der Waals surface area contributed by atoms with Gasteiger partial charge in [-0.1, -0.05) is 29.3 Å². The summed E-state index contributed by atoms with van der Waals surface area (Å²) in [5.41, 5.74) is 7.45. The van der Waals surface area contributed by atoms with Crippen LogP contribution in [0.4, 0.5) is 0 Å². The molecule has 1 aromatic heterocycles. The van der Waals surface area contributed by atoms with Crippen LogP contribution >= 0.6 is 23.2 Å². The van der Waals surface area contributed by atoms with Crippen molar-refractivity contribution in [1.82, 2.24) is 10.2 Å². The molecule has 2 aromatic rings. The molecule has 0 saturated heterocycles. The van der Waals surface area contributed by atoms with E-state index < -0.39 is 11.9 Å². The van der Waals surface area contributed by atoms with Gasteiger partial charge >= 0.3 is 5.97 Å². The number of carbonyl (C=O) groups is 1. The number of halogens is 2. The van der Waals surface area contributed by atoms with Crippen LogP contribution in [-0.4, -0.2) is 22.8 Å². The molecule has 3 rings (SSSR count). The molecule has 0 fully saturated rings. The molecule has 1 aliphatic rings. The van der Waals surface area contributed by atoms with Crippen LogP contribution < -0.4 is 10.5 Å². The van der Waals surface area contributed by atoms with Crippen LogP contribution in [0.15, 0.2) is 29.7 Å². The third-order valence-corrected chi connectivity index (χ3v) is 4.59. The average Bonchev–Trinajstić information content (AvgIpc) is 2.96. The van der Waals surface area contributed by atoms with Crippen molar-refractivity contribution >= 4 is 29.2 Å². The first-order chi connectivity index (χ1) is 12.5. The predicted octanol–water partition coefficient (Wildman–Crippen LogP) is 3.04. The molecule has 1 aliphatic heterocycles. The molecule has 3 N–H and O–H groups in total. The highest BCUT2D eigenvalue weighted by Gasteiger charge is 2.37. The molecule has 0 radical (unpaired) electrons. The van der Waals surface area contributed by atoms with E-state index in [2.05, 4.69) is 10.2 Å². The zero-order valence-electron chi connectivity index (χ0n) is 13.7. The van der Waals surface area contributed by atoms with Crippen molar-refractivity contribution < 1.29 is 14.3 Å². The van der Waals surface area contributed by atoms with Gasteiger partial charge in [-0.3, -0.25) is 9.89 Å². The van der Waals surface area contributed by atoms with Crippen molar-refractivity contribution in [3.63, 3.8) is 0 Å². The molecule has 2 heterocycles. The monoisotopic (exact) mass is 392 g/mol. The molecule has 7 nitrogen and oxygen atoms in total. The second-order valence-electron chi connectivity index (χ2n) is 5.46. The Morgan fingerprint density at radius 1 is 1.42 bits per heavy atom. The van der Waals surface area contributed by atoms with Crippen molar-refractivity contribution in [1.29, 1.82) is 5.26 Å². The maximum absolute atomic E-state index is 11.9. The van der Waals surface area contributed by atoms with Gasteiger partial charge in [0.1, 0.15) is 11.6 Å². The van der Waals surface area contributed by atoms with Crippen LogP contribution in [0.1, 0.15) is 29.7 Å². The van der Waals surface area contributed by atoms with Crippen molar-refractivity contribution in [3.8, 4) is 11.9 Å². The standard InChI is InChI=1S/C17H14Cl2N4O3/c1-2-25-12(24)6-11-15-13(14-9(18)4-3-5-10(14)19)8(7-20)16(21)26-17(15)23-22-11/h3-5,13H,2,6,21H2,1H3,(H,22,23)/t13-/m0/s1. The summed E-state index contributed by atoms with van der Waals surface area (Å²) in [5.74, 6) is -1.07. The molecule has 9 heteroatoms. The van der Waals surface area contributed by atoms with E-state index in [4.69, 9.17) is 38.4 Å². The summed E-state index contributed by atoms with van der Waals surface area (Å²) >= 11 is 12.7. The van der Waals surface area contributed by atoms with E-state index in [1.54, 1.807) is 25.1 Å². The summed E-state index contributed by atoms with van der Waals surface area (Å²) in [6.45, 7) is 1.97. The molecule has 1 aromatic carbocycles. The van der Waals surface area contributed by atoms with Gasteiger partial charge in [0.2, 0.25) is 11.8 Å². The van der Waals surface area contributed by atoms with E-state index in [1.165, 1.54) is 0 Å². The quantitative estimate of drug-likeness (QED) is 0.772. The minimum atomic E-state index is -0.715. The number of ether oxygens (including phenoxy) is 2. The van der Waals surface area contributed by atoms with Gasteiger partial charge < -0.3 is 15.2 Å². The number of esters is 1. The van der Waals surface area contributed by atoms with Crippen molar-refractivity contribution in [2.24, 2.45) is 5.73 Å². The molecule has 0 bridgehead atoms. The molecule has 0 amide bonds. The first-order valence-corrected chi connectivity index (χ1v) is 8.47. The number of fused-ring (bicyclic) bond motifs is 1. The fraction of sp³-hybridized carbons (Fsp3) is 0.235. The Bertz CT molecular complexity index is 926. The number of nitrogens with one attached hydrogen (secondary N) is 1. The van der Waals surface area contributed by atoms with Crippen LogP contribution in [-0.2, 0) is 16.0 Å². The minimum Gasteiger partial charge on any atom is -0.466 e. The van der Waals surface area contributed by atoms with E-state index in [9.17, 15) is 10.1 Å². The topological polar surface area (TPSA) is 114 Å². The van der Waals surface area contributed by atoms with Crippen LogP contribution in [0.3, 0.4) is 0 Å². The third-order valence-electron chi connectivity index (χ3n) is 3.93. The number of carbonyl (C=O) groups excluding carboxylic acids is 1. The summed E-state index contributed by atoms with van der Waals surface area (Å²) in [6.07, 6.45) is -0.0727. The molecule has 0 spiro atoms. The number of aromatic nitrogens is 2. The number of allylic oxidation sites excluding steroid dienone is 1. The van der Waals surface area contributed by atoms with Crippen LogP contribution in [0, 0.1) is 11.3 Å². The SMILES string of the molecule is CCOC(=O)Cc1[nH]nc2c1[C@H](c1c(Cl)cccc1Cl)C(C#N)=C(N)O2. The van der Waals surface area contributed by atoms with Crippen LogP contribution in [0.2, 0.25) is 10.0 Å². The lowest BCUT2D eigenvalue weighted by atomic mass is 9.83. The molecule has 26 heavy (non-hydrogen) atoms. The Labute approximate surface area is 159 Å². The number of benzene rings is 1. The summed E-state index contributed by atoms with van der Waals surface area (Å²) in [5, 5.41) is 17.2. The number of hydrogen-bond donors (Lipinski definition) is 2. The second kappa shape index (κ2) is 7.28. The summed E-state index contributed by atoms with van der Waals surface area (Å²) in [7, 11) is 0. The smallest absolute Gasteiger partial charge is 0.311 e. The third kappa shape index (κ3) is 3.09. The Hall–Kier alpha value is -2.69. The highest BCUT2D eigenvalue weighted by molar-refractivity contribution is 6.36. The molecule has 0 unspecified atom stereocenters. The first-order valence-electron chi connectivity index (χ1n) is 7.72. The lowest BCUT2D eigenvalue weighted by Gasteiger charge is -2.25. The van der Waals surface area contributed by atoms with Crippen LogP contribution in [0.5, 0.6) is 5.88 Å². The molecule has 1 atom stereocenters. The Morgan fingerprint density at radius 2 is 2.12 bits per heavy atom. The summed E-state index contributed by atoms with van der Waals surface area (Å²) < 4.78 is 10.4. The largest absolute Gasteiger partial charge is 0.466 e. The van der Waals surface area contributed by atoms with E-state index in [0.717, 1.165) is 0 Å². The predicted molar refractivity (Wildman–Crippen MR) is 94.7 cm³/mol. The van der Waals surface area contributed by atoms with Crippen molar-refractivity contribution in [2.45, 2.75) is 19.3 Å². The number of hydrogen-bond acceptors (Lipinski definition) is 6. The normalized spacial score (nSPS) is 15.8. The number of aromatic amines is 1. The van der Waals surface area contributed by atoms with E-state index >= 15 is 0 Å². The molecule has 0 aliphatic carbocycles. The molecule has 134 valence electrons. The zero-order chi connectivity index (χ0) is 18.8. The highest BCUT2D eigenvalue weighted by Crippen LogP contribution is 2.47. The molecular weight excluding hydrogens is 379 g/mol. The summed E-state index contributed by atoms with van der Waals surface area (Å²) in [4.78, 5) is 11.9. The van der Waals surface area contributed by atoms with Gasteiger partial charge in [-0.05, 0) is 19.1 Å².